The highest BCUT2D eigenvalue weighted by atomic mass is 32.2. The molecule has 0 aliphatic heterocycles. The van der Waals surface area contributed by atoms with E-state index in [4.69, 9.17) is 10.8 Å². The van der Waals surface area contributed by atoms with Crippen molar-refractivity contribution in [2.24, 2.45) is 0 Å². The molecular weight excluding hydrogens is 312 g/mol. The molecule has 1 atom stereocenters. The van der Waals surface area contributed by atoms with E-state index in [0.29, 0.717) is 0 Å². The van der Waals surface area contributed by atoms with Crippen molar-refractivity contribution in [3.63, 3.8) is 0 Å². The summed E-state index contributed by atoms with van der Waals surface area (Å²) in [5, 5.41) is 11.0. The summed E-state index contributed by atoms with van der Waals surface area (Å²) in [6.45, 7) is 1.70. The molecule has 0 saturated carbocycles. The molecule has 112 valence electrons. The van der Waals surface area contributed by atoms with E-state index in [1.165, 1.54) is 23.5 Å². The van der Waals surface area contributed by atoms with Crippen LogP contribution in [0.4, 0.5) is 5.69 Å². The van der Waals surface area contributed by atoms with Crippen molar-refractivity contribution in [3.05, 3.63) is 46.2 Å². The van der Waals surface area contributed by atoms with Gasteiger partial charge in [-0.1, -0.05) is 6.07 Å². The predicted octanol–water partition coefficient (Wildman–Crippen LogP) is 2.07. The Morgan fingerprint density at radius 1 is 1.38 bits per heavy atom. The zero-order chi connectivity index (χ0) is 15.6. The molecule has 6 nitrogen and oxygen atoms in total. The summed E-state index contributed by atoms with van der Waals surface area (Å²) in [6.07, 6.45) is 0. The molecular formula is C13H14N2O4S2. The van der Waals surface area contributed by atoms with Gasteiger partial charge in [-0.3, -0.25) is 0 Å². The minimum Gasteiger partial charge on any atom is -0.478 e. The van der Waals surface area contributed by atoms with Gasteiger partial charge in [0.25, 0.3) is 0 Å². The van der Waals surface area contributed by atoms with Gasteiger partial charge in [-0.2, -0.15) is 0 Å². The Balaban J connectivity index is 2.38. The van der Waals surface area contributed by atoms with E-state index in [2.05, 4.69) is 4.72 Å². The van der Waals surface area contributed by atoms with Crippen LogP contribution in [0.25, 0.3) is 0 Å². The van der Waals surface area contributed by atoms with Crippen LogP contribution >= 0.6 is 11.3 Å². The minimum atomic E-state index is -3.96. The number of nitrogens with two attached hydrogens (primary N) is 1. The standard InChI is InChI=1S/C13H14N2O4S2/c1-8(11-3-2-6-20-11)15-21(18,19)12-5-4-9(14)7-10(12)13(16)17/h2-8,15H,14H2,1H3,(H,16,17). The van der Waals surface area contributed by atoms with E-state index >= 15 is 0 Å². The molecule has 4 N–H and O–H groups in total. The number of aromatic carboxylic acids is 1. The van der Waals surface area contributed by atoms with E-state index in [-0.39, 0.29) is 16.1 Å². The average Bonchev–Trinajstić information content (AvgIpc) is 2.91. The molecule has 21 heavy (non-hydrogen) atoms. The molecule has 1 heterocycles. The highest BCUT2D eigenvalue weighted by Gasteiger charge is 2.24. The number of carboxylic acids is 1. The Morgan fingerprint density at radius 3 is 2.67 bits per heavy atom. The maximum absolute atomic E-state index is 12.4. The maximum Gasteiger partial charge on any atom is 0.337 e. The van der Waals surface area contributed by atoms with Gasteiger partial charge in [0.05, 0.1) is 16.5 Å². The van der Waals surface area contributed by atoms with E-state index in [1.807, 2.05) is 11.4 Å². The molecule has 1 aromatic heterocycles. The van der Waals surface area contributed by atoms with E-state index in [1.54, 1.807) is 13.0 Å². The Hall–Kier alpha value is -1.90. The lowest BCUT2D eigenvalue weighted by molar-refractivity contribution is 0.0692. The molecule has 2 rings (SSSR count). The third kappa shape index (κ3) is 3.41. The number of benzene rings is 1. The Bertz CT molecular complexity index is 754. The fourth-order valence-electron chi connectivity index (χ4n) is 1.84. The zero-order valence-electron chi connectivity index (χ0n) is 11.1. The number of hydrogen-bond donors (Lipinski definition) is 3. The summed E-state index contributed by atoms with van der Waals surface area (Å²) in [5.41, 5.74) is 5.36. The van der Waals surface area contributed by atoms with Crippen LogP contribution in [0.2, 0.25) is 0 Å². The van der Waals surface area contributed by atoms with Crippen molar-refractivity contribution in [3.8, 4) is 0 Å². The van der Waals surface area contributed by atoms with Gasteiger partial charge in [-0.25, -0.2) is 17.9 Å². The highest BCUT2D eigenvalue weighted by Crippen LogP contribution is 2.23. The fraction of sp³-hybridized carbons (Fsp3) is 0.154. The summed E-state index contributed by atoms with van der Waals surface area (Å²) >= 11 is 1.42. The van der Waals surface area contributed by atoms with Crippen LogP contribution in [-0.4, -0.2) is 19.5 Å². The Kier molecular flexibility index (Phi) is 4.31. The normalized spacial score (nSPS) is 13.0. The molecule has 0 fully saturated rings. The molecule has 1 aromatic carbocycles. The Labute approximate surface area is 126 Å². The van der Waals surface area contributed by atoms with Crippen molar-refractivity contribution in [2.75, 3.05) is 5.73 Å². The van der Waals surface area contributed by atoms with Gasteiger partial charge in [0.1, 0.15) is 0 Å². The number of carboxylic acid groups (broad SMARTS) is 1. The summed E-state index contributed by atoms with van der Waals surface area (Å²) in [4.78, 5) is 11.7. The van der Waals surface area contributed by atoms with Crippen LogP contribution in [0.15, 0.2) is 40.6 Å². The van der Waals surface area contributed by atoms with Gasteiger partial charge in [0.2, 0.25) is 10.0 Å². The van der Waals surface area contributed by atoms with E-state index in [0.717, 1.165) is 10.9 Å². The topological polar surface area (TPSA) is 109 Å². The van der Waals surface area contributed by atoms with E-state index in [9.17, 15) is 13.2 Å². The summed E-state index contributed by atoms with van der Waals surface area (Å²) in [6, 6.07) is 6.86. The fourth-order valence-corrected chi connectivity index (χ4v) is 4.05. The number of thiophene rings is 1. The summed E-state index contributed by atoms with van der Waals surface area (Å²) < 4.78 is 27.2. The van der Waals surface area contributed by atoms with Gasteiger partial charge >= 0.3 is 5.97 Å². The van der Waals surface area contributed by atoms with Gasteiger partial charge in [-0.05, 0) is 36.6 Å². The van der Waals surface area contributed by atoms with Crippen LogP contribution in [-0.2, 0) is 10.0 Å². The van der Waals surface area contributed by atoms with Gasteiger partial charge in [0, 0.05) is 10.6 Å². The average molecular weight is 326 g/mol. The first-order valence-corrected chi connectivity index (χ1v) is 8.36. The largest absolute Gasteiger partial charge is 0.478 e. The monoisotopic (exact) mass is 326 g/mol. The van der Waals surface area contributed by atoms with E-state index < -0.39 is 22.0 Å². The van der Waals surface area contributed by atoms with Gasteiger partial charge in [-0.15, -0.1) is 11.3 Å². The second-order valence-electron chi connectivity index (χ2n) is 4.42. The number of nitrogen functional groups attached to an aromatic ring is 1. The van der Waals surface area contributed by atoms with Crippen LogP contribution in [0.1, 0.15) is 28.2 Å². The van der Waals surface area contributed by atoms with Crippen molar-refractivity contribution in [1.29, 1.82) is 0 Å². The predicted molar refractivity (Wildman–Crippen MR) is 80.9 cm³/mol. The molecule has 8 heteroatoms. The van der Waals surface area contributed by atoms with Crippen molar-refractivity contribution < 1.29 is 18.3 Å². The molecule has 0 bridgehead atoms. The lowest BCUT2D eigenvalue weighted by Gasteiger charge is -2.14. The van der Waals surface area contributed by atoms with Gasteiger partial charge < -0.3 is 10.8 Å². The van der Waals surface area contributed by atoms with Crippen molar-refractivity contribution >= 4 is 33.0 Å². The SMILES string of the molecule is CC(NS(=O)(=O)c1ccc(N)cc1C(=O)O)c1cccs1. The third-order valence-corrected chi connectivity index (χ3v) is 5.48. The van der Waals surface area contributed by atoms with Crippen LogP contribution in [0, 0.1) is 0 Å². The first-order valence-electron chi connectivity index (χ1n) is 6.00. The number of anilines is 1. The Morgan fingerprint density at radius 2 is 2.10 bits per heavy atom. The van der Waals surface area contributed by atoms with Gasteiger partial charge in [0.15, 0.2) is 0 Å². The number of rotatable bonds is 5. The van der Waals surface area contributed by atoms with Crippen molar-refractivity contribution in [1.82, 2.24) is 4.72 Å². The number of sulfonamides is 1. The lowest BCUT2D eigenvalue weighted by atomic mass is 10.2. The second-order valence-corrected chi connectivity index (χ2v) is 7.08. The first-order chi connectivity index (χ1) is 9.81. The molecule has 2 aromatic rings. The van der Waals surface area contributed by atoms with Crippen molar-refractivity contribution in [2.45, 2.75) is 17.9 Å². The van der Waals surface area contributed by atoms with Crippen LogP contribution in [0.3, 0.4) is 0 Å². The second kappa shape index (κ2) is 5.84. The summed E-state index contributed by atoms with van der Waals surface area (Å²) in [7, 11) is -3.96. The third-order valence-electron chi connectivity index (χ3n) is 2.83. The minimum absolute atomic E-state index is 0.192. The molecule has 0 aliphatic rings. The number of carbonyl (C=O) groups is 1. The zero-order valence-corrected chi connectivity index (χ0v) is 12.7. The molecule has 0 amide bonds. The number of hydrogen-bond acceptors (Lipinski definition) is 5. The molecule has 0 spiro atoms. The number of nitrogens with one attached hydrogen (secondary N) is 1. The molecule has 1 unspecified atom stereocenters. The lowest BCUT2D eigenvalue weighted by Crippen LogP contribution is -2.28. The van der Waals surface area contributed by atoms with Crippen LogP contribution < -0.4 is 10.5 Å². The quantitative estimate of drug-likeness (QED) is 0.729. The first kappa shape index (κ1) is 15.5. The molecule has 0 saturated heterocycles. The molecule has 0 radical (unpaired) electrons. The summed E-state index contributed by atoms with van der Waals surface area (Å²) in [5.74, 6) is -1.34. The van der Waals surface area contributed by atoms with Crippen LogP contribution in [0.5, 0.6) is 0 Å². The molecule has 0 aliphatic carbocycles. The smallest absolute Gasteiger partial charge is 0.337 e. The maximum atomic E-state index is 12.4. The highest BCUT2D eigenvalue weighted by molar-refractivity contribution is 7.89.